The molecule has 17 heavy (non-hydrogen) atoms. The number of pyridine rings is 1. The monoisotopic (exact) mass is 253 g/mol. The molecule has 0 aliphatic heterocycles. The standard InChI is InChI=1S/C12H19N3OS/c1-9(11-5-3-4-7-14-11)15-12(16)10(13)6-8-17-2/h3-5,7,9-10H,6,8,13H2,1-2H3,(H,15,16)/t9-,10+/m0/s1. The number of carbonyl (C=O) groups excluding carboxylic acids is 1. The van der Waals surface area contributed by atoms with Gasteiger partial charge >= 0.3 is 0 Å². The van der Waals surface area contributed by atoms with Crippen LogP contribution >= 0.6 is 11.8 Å². The van der Waals surface area contributed by atoms with E-state index in [0.29, 0.717) is 6.42 Å². The maximum absolute atomic E-state index is 11.8. The van der Waals surface area contributed by atoms with Crippen molar-refractivity contribution in [1.29, 1.82) is 0 Å². The molecular weight excluding hydrogens is 234 g/mol. The van der Waals surface area contributed by atoms with Crippen LogP contribution in [0.15, 0.2) is 24.4 Å². The molecule has 94 valence electrons. The van der Waals surface area contributed by atoms with Gasteiger partial charge in [0.2, 0.25) is 5.91 Å². The summed E-state index contributed by atoms with van der Waals surface area (Å²) in [5.41, 5.74) is 6.63. The van der Waals surface area contributed by atoms with Gasteiger partial charge in [0.15, 0.2) is 0 Å². The van der Waals surface area contributed by atoms with Gasteiger partial charge in [-0.2, -0.15) is 11.8 Å². The number of amides is 1. The van der Waals surface area contributed by atoms with Crippen LogP contribution in [0.1, 0.15) is 25.1 Å². The van der Waals surface area contributed by atoms with E-state index in [1.54, 1.807) is 18.0 Å². The van der Waals surface area contributed by atoms with Crippen molar-refractivity contribution in [3.8, 4) is 0 Å². The molecule has 0 aliphatic rings. The van der Waals surface area contributed by atoms with E-state index in [9.17, 15) is 4.79 Å². The maximum Gasteiger partial charge on any atom is 0.237 e. The van der Waals surface area contributed by atoms with Crippen LogP contribution in [0.3, 0.4) is 0 Å². The van der Waals surface area contributed by atoms with Gasteiger partial charge in [-0.05, 0) is 37.5 Å². The normalized spacial score (nSPS) is 14.1. The number of hydrogen-bond donors (Lipinski definition) is 2. The molecular formula is C12H19N3OS. The second-order valence-electron chi connectivity index (χ2n) is 3.87. The summed E-state index contributed by atoms with van der Waals surface area (Å²) in [5, 5.41) is 2.87. The van der Waals surface area contributed by atoms with E-state index in [1.807, 2.05) is 31.4 Å². The Morgan fingerprint density at radius 2 is 2.35 bits per heavy atom. The zero-order valence-electron chi connectivity index (χ0n) is 10.2. The zero-order valence-corrected chi connectivity index (χ0v) is 11.0. The Morgan fingerprint density at radius 3 is 2.94 bits per heavy atom. The first-order chi connectivity index (χ1) is 8.15. The quantitative estimate of drug-likeness (QED) is 0.803. The summed E-state index contributed by atoms with van der Waals surface area (Å²) >= 11 is 1.69. The van der Waals surface area contributed by atoms with E-state index in [0.717, 1.165) is 11.4 Å². The first kappa shape index (κ1) is 14.0. The van der Waals surface area contributed by atoms with E-state index >= 15 is 0 Å². The van der Waals surface area contributed by atoms with E-state index in [4.69, 9.17) is 5.73 Å². The molecule has 1 amide bonds. The Labute approximate surface area is 106 Å². The fraction of sp³-hybridized carbons (Fsp3) is 0.500. The highest BCUT2D eigenvalue weighted by molar-refractivity contribution is 7.98. The highest BCUT2D eigenvalue weighted by Crippen LogP contribution is 2.08. The third-order valence-electron chi connectivity index (χ3n) is 2.46. The lowest BCUT2D eigenvalue weighted by atomic mass is 10.1. The topological polar surface area (TPSA) is 68.0 Å². The first-order valence-corrected chi connectivity index (χ1v) is 7.00. The van der Waals surface area contributed by atoms with Crippen molar-refractivity contribution in [3.05, 3.63) is 30.1 Å². The van der Waals surface area contributed by atoms with Crippen LogP contribution in [-0.4, -0.2) is 28.9 Å². The van der Waals surface area contributed by atoms with Crippen molar-refractivity contribution in [2.75, 3.05) is 12.0 Å². The van der Waals surface area contributed by atoms with Crippen molar-refractivity contribution >= 4 is 17.7 Å². The van der Waals surface area contributed by atoms with Gasteiger partial charge in [-0.1, -0.05) is 6.07 Å². The summed E-state index contributed by atoms with van der Waals surface area (Å²) in [7, 11) is 0. The smallest absolute Gasteiger partial charge is 0.237 e. The number of nitrogens with one attached hydrogen (secondary N) is 1. The average Bonchev–Trinajstić information content (AvgIpc) is 2.36. The highest BCUT2D eigenvalue weighted by atomic mass is 32.2. The van der Waals surface area contributed by atoms with Gasteiger partial charge in [0, 0.05) is 6.20 Å². The lowest BCUT2D eigenvalue weighted by Crippen LogP contribution is -2.42. The summed E-state index contributed by atoms with van der Waals surface area (Å²) < 4.78 is 0. The molecule has 0 unspecified atom stereocenters. The fourth-order valence-electron chi connectivity index (χ4n) is 1.40. The van der Waals surface area contributed by atoms with Crippen LogP contribution in [-0.2, 0) is 4.79 Å². The second kappa shape index (κ2) is 7.29. The Hall–Kier alpha value is -1.07. The molecule has 1 heterocycles. The molecule has 1 rings (SSSR count). The highest BCUT2D eigenvalue weighted by Gasteiger charge is 2.16. The van der Waals surface area contributed by atoms with E-state index in [2.05, 4.69) is 10.3 Å². The third kappa shape index (κ3) is 4.75. The van der Waals surface area contributed by atoms with Gasteiger partial charge in [0.1, 0.15) is 0 Å². The third-order valence-corrected chi connectivity index (χ3v) is 3.10. The summed E-state index contributed by atoms with van der Waals surface area (Å²) in [6, 6.07) is 5.09. The minimum absolute atomic E-state index is 0.107. The molecule has 0 saturated heterocycles. The van der Waals surface area contributed by atoms with Gasteiger partial charge in [0.05, 0.1) is 17.8 Å². The van der Waals surface area contributed by atoms with Gasteiger partial charge in [-0.25, -0.2) is 0 Å². The minimum Gasteiger partial charge on any atom is -0.347 e. The Kier molecular flexibility index (Phi) is 6.00. The van der Waals surface area contributed by atoms with E-state index < -0.39 is 6.04 Å². The number of thioether (sulfide) groups is 1. The van der Waals surface area contributed by atoms with Gasteiger partial charge < -0.3 is 11.1 Å². The molecule has 0 aromatic carbocycles. The van der Waals surface area contributed by atoms with Crippen molar-refractivity contribution in [3.63, 3.8) is 0 Å². The predicted molar refractivity (Wildman–Crippen MR) is 71.8 cm³/mol. The summed E-state index contributed by atoms with van der Waals surface area (Å²) in [6.07, 6.45) is 4.41. The Bertz CT molecular complexity index is 345. The molecule has 0 bridgehead atoms. The number of hydrogen-bond acceptors (Lipinski definition) is 4. The number of carbonyl (C=O) groups is 1. The zero-order chi connectivity index (χ0) is 12.7. The van der Waals surface area contributed by atoms with Crippen molar-refractivity contribution < 1.29 is 4.79 Å². The van der Waals surface area contributed by atoms with E-state index in [1.165, 1.54) is 0 Å². The molecule has 4 nitrogen and oxygen atoms in total. The molecule has 2 atom stereocenters. The lowest BCUT2D eigenvalue weighted by molar-refractivity contribution is -0.123. The molecule has 0 saturated carbocycles. The molecule has 0 spiro atoms. The average molecular weight is 253 g/mol. The molecule has 0 aliphatic carbocycles. The summed E-state index contributed by atoms with van der Waals surface area (Å²) in [4.78, 5) is 16.0. The molecule has 1 aromatic heterocycles. The van der Waals surface area contributed by atoms with Crippen LogP contribution in [0, 0.1) is 0 Å². The summed E-state index contributed by atoms with van der Waals surface area (Å²) in [5.74, 6) is 0.782. The molecule has 1 aromatic rings. The van der Waals surface area contributed by atoms with Crippen LogP contribution in [0.2, 0.25) is 0 Å². The summed E-state index contributed by atoms with van der Waals surface area (Å²) in [6.45, 7) is 1.90. The number of nitrogens with zero attached hydrogens (tertiary/aromatic N) is 1. The fourth-order valence-corrected chi connectivity index (χ4v) is 1.89. The molecule has 0 fully saturated rings. The first-order valence-electron chi connectivity index (χ1n) is 5.61. The van der Waals surface area contributed by atoms with Crippen LogP contribution < -0.4 is 11.1 Å². The number of nitrogens with two attached hydrogens (primary N) is 1. The molecule has 5 heteroatoms. The number of rotatable bonds is 6. The Balaban J connectivity index is 2.46. The SMILES string of the molecule is CSCC[C@@H](N)C(=O)N[C@@H](C)c1ccccn1. The van der Waals surface area contributed by atoms with Crippen LogP contribution in [0.25, 0.3) is 0 Å². The minimum atomic E-state index is -0.436. The maximum atomic E-state index is 11.8. The van der Waals surface area contributed by atoms with Crippen molar-refractivity contribution in [1.82, 2.24) is 10.3 Å². The van der Waals surface area contributed by atoms with Crippen molar-refractivity contribution in [2.24, 2.45) is 5.73 Å². The van der Waals surface area contributed by atoms with Crippen molar-refractivity contribution in [2.45, 2.75) is 25.4 Å². The van der Waals surface area contributed by atoms with E-state index in [-0.39, 0.29) is 11.9 Å². The molecule has 3 N–H and O–H groups in total. The molecule has 0 radical (unpaired) electrons. The largest absolute Gasteiger partial charge is 0.347 e. The predicted octanol–water partition coefficient (Wildman–Crippen LogP) is 1.34. The number of aromatic nitrogens is 1. The lowest BCUT2D eigenvalue weighted by Gasteiger charge is -2.16. The van der Waals surface area contributed by atoms with Gasteiger partial charge in [-0.3, -0.25) is 9.78 Å². The Morgan fingerprint density at radius 1 is 1.59 bits per heavy atom. The van der Waals surface area contributed by atoms with Gasteiger partial charge in [-0.15, -0.1) is 0 Å². The van der Waals surface area contributed by atoms with Crippen LogP contribution in [0.5, 0.6) is 0 Å². The van der Waals surface area contributed by atoms with Gasteiger partial charge in [0.25, 0.3) is 0 Å². The van der Waals surface area contributed by atoms with Crippen LogP contribution in [0.4, 0.5) is 0 Å². The second-order valence-corrected chi connectivity index (χ2v) is 4.86.